The van der Waals surface area contributed by atoms with E-state index >= 15 is 0 Å². The lowest BCUT2D eigenvalue weighted by Gasteiger charge is -2.29. The maximum absolute atomic E-state index is 5.85. The van der Waals surface area contributed by atoms with Gasteiger partial charge in [0.05, 0.1) is 11.7 Å². The quantitative estimate of drug-likeness (QED) is 0.427. The van der Waals surface area contributed by atoms with E-state index in [0.29, 0.717) is 5.11 Å². The molecule has 1 fully saturated rings. The van der Waals surface area contributed by atoms with Crippen molar-refractivity contribution in [2.45, 2.75) is 32.4 Å². The average molecular weight is 440 g/mol. The van der Waals surface area contributed by atoms with Gasteiger partial charge in [0.25, 0.3) is 0 Å². The Balaban J connectivity index is 1.64. The summed E-state index contributed by atoms with van der Waals surface area (Å²) in [6, 6.07) is 22.8. The summed E-state index contributed by atoms with van der Waals surface area (Å²) in [5, 5.41) is 4.23. The number of nitrogens with one attached hydrogen (secondary N) is 1. The third-order valence-electron chi connectivity index (χ3n) is 5.95. The third-order valence-corrected chi connectivity index (χ3v) is 6.26. The van der Waals surface area contributed by atoms with Crippen LogP contribution in [0.15, 0.2) is 85.3 Å². The molecule has 6 heteroatoms. The van der Waals surface area contributed by atoms with Crippen LogP contribution >= 0.6 is 12.2 Å². The Morgan fingerprint density at radius 2 is 1.81 bits per heavy atom. The largest absolute Gasteiger partial charge is 0.351 e. The van der Waals surface area contributed by atoms with Gasteiger partial charge in [0, 0.05) is 30.0 Å². The van der Waals surface area contributed by atoms with Gasteiger partial charge < -0.3 is 14.8 Å². The average Bonchev–Trinajstić information content (AvgIpc) is 3.44. The maximum atomic E-state index is 5.85. The maximum Gasteiger partial charge on any atom is 0.174 e. The molecule has 4 aromatic rings. The lowest BCUT2D eigenvalue weighted by Crippen LogP contribution is -2.30. The van der Waals surface area contributed by atoms with E-state index in [1.165, 1.54) is 5.56 Å². The Kier molecular flexibility index (Phi) is 5.45. The van der Waals surface area contributed by atoms with E-state index in [0.717, 1.165) is 34.9 Å². The minimum atomic E-state index is -0.0892. The molecule has 1 saturated heterocycles. The summed E-state index contributed by atoms with van der Waals surface area (Å²) in [5.41, 5.74) is 5.56. The fourth-order valence-corrected chi connectivity index (χ4v) is 4.62. The van der Waals surface area contributed by atoms with Gasteiger partial charge in [0.2, 0.25) is 0 Å². The van der Waals surface area contributed by atoms with Crippen molar-refractivity contribution < 1.29 is 0 Å². The summed E-state index contributed by atoms with van der Waals surface area (Å²) in [4.78, 5) is 11.5. The number of thiocarbonyl (C=S) groups is 1. The molecule has 0 spiro atoms. The van der Waals surface area contributed by atoms with Crippen LogP contribution in [0.2, 0.25) is 0 Å². The summed E-state index contributed by atoms with van der Waals surface area (Å²) in [6.45, 7) is 4.21. The Bertz CT molecular complexity index is 1220. The zero-order valence-corrected chi connectivity index (χ0v) is 19.0. The topological polar surface area (TPSA) is 46.0 Å². The van der Waals surface area contributed by atoms with Crippen molar-refractivity contribution in [3.8, 4) is 5.82 Å². The fourth-order valence-electron chi connectivity index (χ4n) is 4.27. The molecule has 160 valence electrons. The predicted molar refractivity (Wildman–Crippen MR) is 132 cm³/mol. The highest BCUT2D eigenvalue weighted by atomic mass is 32.1. The van der Waals surface area contributed by atoms with Crippen LogP contribution in [0.25, 0.3) is 5.82 Å². The number of aryl methyl sites for hydroxylation is 2. The molecule has 1 aliphatic rings. The van der Waals surface area contributed by atoms with Gasteiger partial charge in [-0.15, -0.1) is 0 Å². The summed E-state index contributed by atoms with van der Waals surface area (Å²) in [5.74, 6) is 0.884. The van der Waals surface area contributed by atoms with Gasteiger partial charge in [-0.3, -0.25) is 4.98 Å². The van der Waals surface area contributed by atoms with Gasteiger partial charge in [-0.2, -0.15) is 0 Å². The zero-order valence-electron chi connectivity index (χ0n) is 18.1. The van der Waals surface area contributed by atoms with Crippen LogP contribution < -0.4 is 10.2 Å². The molecule has 1 aromatic carbocycles. The molecule has 0 aliphatic carbocycles. The SMILES string of the molecule is CCc1ccc(N2C(=S)N[C@@H](c3ccccn3)[C@@H]2c2cccn2-c2ccc(C)cn2)cc1. The van der Waals surface area contributed by atoms with Gasteiger partial charge in [0.15, 0.2) is 5.11 Å². The molecule has 0 radical (unpaired) electrons. The smallest absolute Gasteiger partial charge is 0.174 e. The van der Waals surface area contributed by atoms with E-state index in [2.05, 4.69) is 86.4 Å². The van der Waals surface area contributed by atoms with Crippen LogP contribution in [0.5, 0.6) is 0 Å². The van der Waals surface area contributed by atoms with Crippen molar-refractivity contribution >= 4 is 23.0 Å². The Morgan fingerprint density at radius 3 is 2.50 bits per heavy atom. The molecule has 0 bridgehead atoms. The molecule has 32 heavy (non-hydrogen) atoms. The van der Waals surface area contributed by atoms with E-state index in [4.69, 9.17) is 12.2 Å². The minimum Gasteiger partial charge on any atom is -0.351 e. The second kappa shape index (κ2) is 8.55. The standard InChI is InChI=1S/C26H25N5S/c1-3-19-10-12-20(13-11-19)31-25(24(29-26(31)32)21-7-4-5-15-27-21)22-8-6-16-30(22)23-14-9-18(2)17-28-23/h4-17,24-25H,3H2,1-2H3,(H,29,32)/t24-,25-/m0/s1. The molecule has 0 unspecified atom stereocenters. The van der Waals surface area contributed by atoms with Gasteiger partial charge in [-0.25, -0.2) is 4.98 Å². The Labute approximate surface area is 193 Å². The summed E-state index contributed by atoms with van der Waals surface area (Å²) >= 11 is 5.85. The number of benzene rings is 1. The molecule has 5 rings (SSSR count). The number of hydrogen-bond donors (Lipinski definition) is 1. The molecule has 4 heterocycles. The van der Waals surface area contributed by atoms with E-state index in [9.17, 15) is 0 Å². The highest BCUT2D eigenvalue weighted by Gasteiger charge is 2.42. The number of nitrogens with zero attached hydrogens (tertiary/aromatic N) is 4. The van der Waals surface area contributed by atoms with E-state index in [1.54, 1.807) is 0 Å². The number of aromatic nitrogens is 3. The first-order valence-electron chi connectivity index (χ1n) is 10.9. The summed E-state index contributed by atoms with van der Waals surface area (Å²) in [6.07, 6.45) is 6.79. The predicted octanol–water partition coefficient (Wildman–Crippen LogP) is 5.32. The van der Waals surface area contributed by atoms with Gasteiger partial charge in [-0.1, -0.05) is 31.2 Å². The zero-order chi connectivity index (χ0) is 22.1. The monoisotopic (exact) mass is 439 g/mol. The van der Waals surface area contributed by atoms with Crippen molar-refractivity contribution in [1.82, 2.24) is 19.9 Å². The van der Waals surface area contributed by atoms with Crippen LogP contribution in [-0.4, -0.2) is 19.6 Å². The second-order valence-electron chi connectivity index (χ2n) is 8.01. The third kappa shape index (κ3) is 3.67. The van der Waals surface area contributed by atoms with Gasteiger partial charge >= 0.3 is 0 Å². The molecule has 2 atom stereocenters. The molecule has 0 amide bonds. The van der Waals surface area contributed by atoms with E-state index in [1.807, 2.05) is 37.5 Å². The number of hydrogen-bond acceptors (Lipinski definition) is 3. The van der Waals surface area contributed by atoms with Gasteiger partial charge in [-0.05, 0) is 79.2 Å². The molecule has 0 saturated carbocycles. The van der Waals surface area contributed by atoms with Crippen molar-refractivity contribution in [3.63, 3.8) is 0 Å². The van der Waals surface area contributed by atoms with Crippen molar-refractivity contribution in [3.05, 3.63) is 108 Å². The first kappa shape index (κ1) is 20.4. The molecule has 1 N–H and O–H groups in total. The molecule has 1 aliphatic heterocycles. The minimum absolute atomic E-state index is 0.0806. The number of anilines is 1. The Hall–Kier alpha value is -3.51. The molecular weight excluding hydrogens is 414 g/mol. The van der Waals surface area contributed by atoms with E-state index < -0.39 is 0 Å². The van der Waals surface area contributed by atoms with Crippen LogP contribution in [-0.2, 0) is 6.42 Å². The Morgan fingerprint density at radius 1 is 0.969 bits per heavy atom. The lowest BCUT2D eigenvalue weighted by molar-refractivity contribution is 0.548. The van der Waals surface area contributed by atoms with E-state index in [-0.39, 0.29) is 12.1 Å². The first-order chi connectivity index (χ1) is 15.7. The van der Waals surface area contributed by atoms with Crippen LogP contribution in [0.4, 0.5) is 5.69 Å². The second-order valence-corrected chi connectivity index (χ2v) is 8.40. The fraction of sp³-hybridized carbons (Fsp3) is 0.192. The molecule has 5 nitrogen and oxygen atoms in total. The highest BCUT2D eigenvalue weighted by molar-refractivity contribution is 7.80. The summed E-state index contributed by atoms with van der Waals surface area (Å²) < 4.78 is 2.14. The van der Waals surface area contributed by atoms with Crippen LogP contribution in [0.1, 0.15) is 41.5 Å². The number of rotatable bonds is 5. The first-order valence-corrected chi connectivity index (χ1v) is 11.3. The highest BCUT2D eigenvalue weighted by Crippen LogP contribution is 2.42. The van der Waals surface area contributed by atoms with Crippen molar-refractivity contribution in [1.29, 1.82) is 0 Å². The number of pyridine rings is 2. The van der Waals surface area contributed by atoms with Crippen LogP contribution in [0.3, 0.4) is 0 Å². The normalized spacial score (nSPS) is 18.1. The van der Waals surface area contributed by atoms with Crippen molar-refractivity contribution in [2.75, 3.05) is 4.90 Å². The van der Waals surface area contributed by atoms with Crippen LogP contribution in [0, 0.1) is 6.92 Å². The summed E-state index contributed by atoms with van der Waals surface area (Å²) in [7, 11) is 0. The van der Waals surface area contributed by atoms with Gasteiger partial charge in [0.1, 0.15) is 11.9 Å². The molecule has 3 aromatic heterocycles. The lowest BCUT2D eigenvalue weighted by atomic mass is 10.0. The van der Waals surface area contributed by atoms with Crippen molar-refractivity contribution in [2.24, 2.45) is 0 Å². The molecular formula is C26H25N5S.